The van der Waals surface area contributed by atoms with E-state index in [0.29, 0.717) is 13.0 Å². The van der Waals surface area contributed by atoms with Gasteiger partial charge in [0.1, 0.15) is 11.9 Å². The van der Waals surface area contributed by atoms with Crippen LogP contribution >= 0.6 is 0 Å². The van der Waals surface area contributed by atoms with Crippen LogP contribution in [0.1, 0.15) is 53.5 Å². The summed E-state index contributed by atoms with van der Waals surface area (Å²) in [5, 5.41) is 5.76. The number of nitrogens with zero attached hydrogens (tertiary/aromatic N) is 2. The van der Waals surface area contributed by atoms with Crippen LogP contribution in [0.15, 0.2) is 18.3 Å². The molecule has 0 spiro atoms. The SMILES string of the molecule is CCN(CC)c1ccc(CNC(=O)C(NC(=O)CC(C)C)C(C)C)cn1. The van der Waals surface area contributed by atoms with E-state index in [2.05, 4.69) is 34.4 Å². The number of pyridine rings is 1. The third-order valence-electron chi connectivity index (χ3n) is 4.22. The number of carbonyl (C=O) groups excluding carboxylic acids is 2. The van der Waals surface area contributed by atoms with Crippen molar-refractivity contribution in [1.82, 2.24) is 15.6 Å². The van der Waals surface area contributed by atoms with E-state index in [0.717, 1.165) is 24.5 Å². The highest BCUT2D eigenvalue weighted by molar-refractivity contribution is 5.87. The number of carbonyl (C=O) groups is 2. The molecule has 1 aromatic heterocycles. The van der Waals surface area contributed by atoms with Crippen LogP contribution in [-0.4, -0.2) is 35.9 Å². The van der Waals surface area contributed by atoms with Gasteiger partial charge < -0.3 is 15.5 Å². The van der Waals surface area contributed by atoms with E-state index in [9.17, 15) is 9.59 Å². The van der Waals surface area contributed by atoms with Crippen LogP contribution in [-0.2, 0) is 16.1 Å². The largest absolute Gasteiger partial charge is 0.357 e. The van der Waals surface area contributed by atoms with E-state index in [-0.39, 0.29) is 23.7 Å². The van der Waals surface area contributed by atoms with Crippen LogP contribution in [0.25, 0.3) is 0 Å². The minimum Gasteiger partial charge on any atom is -0.357 e. The molecule has 1 unspecified atom stereocenters. The Hall–Kier alpha value is -2.11. The second-order valence-corrected chi connectivity index (χ2v) is 7.30. The predicted molar refractivity (Wildman–Crippen MR) is 106 cm³/mol. The van der Waals surface area contributed by atoms with Crippen molar-refractivity contribution in [3.63, 3.8) is 0 Å². The Morgan fingerprint density at radius 1 is 1.12 bits per heavy atom. The van der Waals surface area contributed by atoms with Gasteiger partial charge in [0.2, 0.25) is 11.8 Å². The summed E-state index contributed by atoms with van der Waals surface area (Å²) in [5.74, 6) is 0.977. The summed E-state index contributed by atoms with van der Waals surface area (Å²) in [7, 11) is 0. The summed E-state index contributed by atoms with van der Waals surface area (Å²) < 4.78 is 0. The molecule has 1 atom stereocenters. The lowest BCUT2D eigenvalue weighted by Crippen LogP contribution is -2.49. The zero-order chi connectivity index (χ0) is 19.7. The number of amides is 2. The first-order chi connectivity index (χ1) is 12.3. The first kappa shape index (κ1) is 21.9. The Labute approximate surface area is 157 Å². The van der Waals surface area contributed by atoms with E-state index in [1.807, 2.05) is 39.8 Å². The van der Waals surface area contributed by atoms with Gasteiger partial charge in [-0.1, -0.05) is 33.8 Å². The second-order valence-electron chi connectivity index (χ2n) is 7.30. The molecule has 6 heteroatoms. The quantitative estimate of drug-likeness (QED) is 0.671. The monoisotopic (exact) mass is 362 g/mol. The summed E-state index contributed by atoms with van der Waals surface area (Å²) in [6.45, 7) is 14.2. The lowest BCUT2D eigenvalue weighted by atomic mass is 10.0. The molecular weight excluding hydrogens is 328 g/mol. The molecule has 1 rings (SSSR count). The number of anilines is 1. The zero-order valence-corrected chi connectivity index (χ0v) is 17.0. The molecule has 0 fully saturated rings. The highest BCUT2D eigenvalue weighted by Gasteiger charge is 2.24. The van der Waals surface area contributed by atoms with Crippen molar-refractivity contribution in [2.45, 2.75) is 60.5 Å². The van der Waals surface area contributed by atoms with Gasteiger partial charge >= 0.3 is 0 Å². The van der Waals surface area contributed by atoms with Crippen molar-refractivity contribution in [3.8, 4) is 0 Å². The first-order valence-corrected chi connectivity index (χ1v) is 9.55. The maximum atomic E-state index is 12.5. The Balaban J connectivity index is 2.63. The smallest absolute Gasteiger partial charge is 0.243 e. The van der Waals surface area contributed by atoms with Crippen LogP contribution in [0.3, 0.4) is 0 Å². The molecule has 2 amide bonds. The van der Waals surface area contributed by atoms with Crippen LogP contribution in [0.2, 0.25) is 0 Å². The Morgan fingerprint density at radius 3 is 2.23 bits per heavy atom. The molecule has 0 bridgehead atoms. The van der Waals surface area contributed by atoms with Crippen LogP contribution < -0.4 is 15.5 Å². The Bertz CT molecular complexity index is 566. The third kappa shape index (κ3) is 7.02. The highest BCUT2D eigenvalue weighted by Crippen LogP contribution is 2.11. The van der Waals surface area contributed by atoms with Gasteiger partial charge in [0.15, 0.2) is 0 Å². The van der Waals surface area contributed by atoms with Gasteiger partial charge in [-0.25, -0.2) is 4.98 Å². The minimum absolute atomic E-state index is 0.0225. The van der Waals surface area contributed by atoms with Crippen LogP contribution in [0, 0.1) is 11.8 Å². The predicted octanol–water partition coefficient (Wildman–Crippen LogP) is 2.73. The average molecular weight is 363 g/mol. The fraction of sp³-hybridized carbons (Fsp3) is 0.650. The fourth-order valence-electron chi connectivity index (χ4n) is 2.69. The van der Waals surface area contributed by atoms with Gasteiger partial charge in [0.25, 0.3) is 0 Å². The summed E-state index contributed by atoms with van der Waals surface area (Å²) in [5.41, 5.74) is 0.935. The summed E-state index contributed by atoms with van der Waals surface area (Å²) >= 11 is 0. The van der Waals surface area contributed by atoms with Crippen molar-refractivity contribution in [1.29, 1.82) is 0 Å². The van der Waals surface area contributed by atoms with Crippen LogP contribution in [0.4, 0.5) is 5.82 Å². The summed E-state index contributed by atoms with van der Waals surface area (Å²) in [6, 6.07) is 3.42. The molecule has 2 N–H and O–H groups in total. The van der Waals surface area contributed by atoms with Crippen molar-refractivity contribution in [3.05, 3.63) is 23.9 Å². The molecular formula is C20H34N4O2. The third-order valence-corrected chi connectivity index (χ3v) is 4.22. The topological polar surface area (TPSA) is 74.3 Å². The van der Waals surface area contributed by atoms with E-state index >= 15 is 0 Å². The summed E-state index contributed by atoms with van der Waals surface area (Å²) in [6.07, 6.45) is 2.21. The molecule has 0 aromatic carbocycles. The first-order valence-electron chi connectivity index (χ1n) is 9.55. The average Bonchev–Trinajstić information content (AvgIpc) is 2.59. The highest BCUT2D eigenvalue weighted by atomic mass is 16.2. The molecule has 0 aliphatic heterocycles. The van der Waals surface area contributed by atoms with E-state index < -0.39 is 6.04 Å². The number of rotatable bonds is 10. The van der Waals surface area contributed by atoms with Gasteiger partial charge in [0, 0.05) is 32.3 Å². The van der Waals surface area contributed by atoms with E-state index in [4.69, 9.17) is 0 Å². The Morgan fingerprint density at radius 2 is 1.77 bits per heavy atom. The molecule has 26 heavy (non-hydrogen) atoms. The number of nitrogens with one attached hydrogen (secondary N) is 2. The molecule has 0 saturated carbocycles. The van der Waals surface area contributed by atoms with Crippen molar-refractivity contribution in [2.24, 2.45) is 11.8 Å². The fourth-order valence-corrected chi connectivity index (χ4v) is 2.69. The molecule has 0 aliphatic carbocycles. The lowest BCUT2D eigenvalue weighted by molar-refractivity contribution is -0.130. The molecule has 6 nitrogen and oxygen atoms in total. The van der Waals surface area contributed by atoms with Crippen molar-refractivity contribution >= 4 is 17.6 Å². The molecule has 1 heterocycles. The maximum absolute atomic E-state index is 12.5. The van der Waals surface area contributed by atoms with Crippen LogP contribution in [0.5, 0.6) is 0 Å². The molecule has 0 saturated heterocycles. The molecule has 0 aliphatic rings. The summed E-state index contributed by atoms with van der Waals surface area (Å²) in [4.78, 5) is 31.1. The van der Waals surface area contributed by atoms with E-state index in [1.165, 1.54) is 0 Å². The molecule has 146 valence electrons. The number of hydrogen-bond donors (Lipinski definition) is 2. The maximum Gasteiger partial charge on any atom is 0.243 e. The molecule has 1 aromatic rings. The van der Waals surface area contributed by atoms with Gasteiger partial charge in [-0.15, -0.1) is 0 Å². The zero-order valence-electron chi connectivity index (χ0n) is 17.0. The van der Waals surface area contributed by atoms with Gasteiger partial charge in [-0.3, -0.25) is 9.59 Å². The standard InChI is InChI=1S/C20H34N4O2/c1-7-24(8-2)17-10-9-16(12-21-17)13-22-20(26)19(15(5)6)23-18(25)11-14(3)4/h9-10,12,14-15,19H,7-8,11,13H2,1-6H3,(H,22,26)(H,23,25). The Kier molecular flexibility index (Phi) is 9.10. The van der Waals surface area contributed by atoms with Gasteiger partial charge in [0.05, 0.1) is 0 Å². The van der Waals surface area contributed by atoms with E-state index in [1.54, 1.807) is 6.20 Å². The lowest BCUT2D eigenvalue weighted by Gasteiger charge is -2.22. The number of hydrogen-bond acceptors (Lipinski definition) is 4. The number of aromatic nitrogens is 1. The van der Waals surface area contributed by atoms with Crippen molar-refractivity contribution < 1.29 is 9.59 Å². The minimum atomic E-state index is -0.524. The molecule has 0 radical (unpaired) electrons. The second kappa shape index (κ2) is 10.8. The van der Waals surface area contributed by atoms with Gasteiger partial charge in [-0.2, -0.15) is 0 Å². The van der Waals surface area contributed by atoms with Crippen molar-refractivity contribution in [2.75, 3.05) is 18.0 Å². The van der Waals surface area contributed by atoms with Gasteiger partial charge in [-0.05, 0) is 37.3 Å². The normalized spacial score (nSPS) is 12.2.